The summed E-state index contributed by atoms with van der Waals surface area (Å²) in [4.78, 5) is 0. The Morgan fingerprint density at radius 2 is 1.29 bits per heavy atom. The van der Waals surface area contributed by atoms with Crippen LogP contribution in [0.4, 0.5) is 0 Å². The molecule has 0 radical (unpaired) electrons. The highest BCUT2D eigenvalue weighted by Gasteiger charge is 2.73. The summed E-state index contributed by atoms with van der Waals surface area (Å²) < 4.78 is 0. The van der Waals surface area contributed by atoms with Crippen LogP contribution in [0.15, 0.2) is 46.6 Å². The molecule has 28 heavy (non-hydrogen) atoms. The molecule has 0 heterocycles. The second-order valence-corrected chi connectivity index (χ2v) is 8.20. The number of hydrogen-bond acceptors (Lipinski definition) is 6. The molecule has 1 aromatic rings. The first-order chi connectivity index (χ1) is 13.0. The molecule has 4 aliphatic rings. The number of allylic oxidation sites excluding steroid dienone is 2. The summed E-state index contributed by atoms with van der Waals surface area (Å²) in [6, 6.07) is 3.21. The molecule has 0 fully saturated rings. The number of benzene rings is 1. The van der Waals surface area contributed by atoms with Crippen LogP contribution in [0.25, 0.3) is 0 Å². The van der Waals surface area contributed by atoms with E-state index in [0.29, 0.717) is 22.3 Å². The van der Waals surface area contributed by atoms with Crippen LogP contribution >= 0.6 is 0 Å². The lowest BCUT2D eigenvalue weighted by Gasteiger charge is -2.57. The molecule has 150 valence electrons. The molecule has 4 bridgehead atoms. The third-order valence-corrected chi connectivity index (χ3v) is 7.21. The molecule has 4 atom stereocenters. The van der Waals surface area contributed by atoms with Crippen molar-refractivity contribution in [1.82, 2.24) is 0 Å². The van der Waals surface area contributed by atoms with Gasteiger partial charge < -0.3 is 30.6 Å². The molecule has 0 aliphatic heterocycles. The maximum Gasteiger partial charge on any atom is 0.162 e. The molecule has 0 saturated heterocycles. The molecule has 6 N–H and O–H groups in total. The van der Waals surface area contributed by atoms with Crippen LogP contribution in [0.3, 0.4) is 0 Å². The van der Waals surface area contributed by atoms with Gasteiger partial charge in [-0.2, -0.15) is 0 Å². The minimum Gasteiger partial charge on any atom is -0.394 e. The Balaban J connectivity index is 2.09. The van der Waals surface area contributed by atoms with E-state index in [4.69, 9.17) is 0 Å². The summed E-state index contributed by atoms with van der Waals surface area (Å²) in [7, 11) is 0. The third kappa shape index (κ3) is 1.75. The van der Waals surface area contributed by atoms with Gasteiger partial charge in [-0.1, -0.05) is 24.3 Å². The van der Waals surface area contributed by atoms with Gasteiger partial charge in [0.25, 0.3) is 0 Å². The largest absolute Gasteiger partial charge is 0.394 e. The maximum atomic E-state index is 12.2. The topological polar surface area (TPSA) is 121 Å². The second kappa shape index (κ2) is 5.63. The predicted octanol–water partition coefficient (Wildman–Crippen LogP) is 0.354. The Bertz CT molecular complexity index is 959. The van der Waals surface area contributed by atoms with Crippen molar-refractivity contribution >= 4 is 0 Å². The van der Waals surface area contributed by atoms with Gasteiger partial charge in [-0.15, -0.1) is 0 Å². The first-order valence-electron chi connectivity index (χ1n) is 9.36. The molecular weight excluding hydrogens is 360 g/mol. The van der Waals surface area contributed by atoms with Gasteiger partial charge in [-0.05, 0) is 72.2 Å². The molecule has 0 aromatic heterocycles. The van der Waals surface area contributed by atoms with Gasteiger partial charge in [-0.25, -0.2) is 0 Å². The van der Waals surface area contributed by atoms with E-state index in [1.165, 1.54) is 0 Å². The molecule has 1 aromatic carbocycles. The van der Waals surface area contributed by atoms with Crippen LogP contribution in [0.2, 0.25) is 0 Å². The number of hydrogen-bond donors (Lipinski definition) is 6. The molecule has 0 saturated carbocycles. The standard InChI is InChI=1S/C22H26O6/c1-10-11(2)15-6-5-14(10)20(15,26)22(28)17-8-7-16(12(3)13(17)4)21(22,27)19(25)18(24)9-23/h5-8,18-19,23-28H,9H2,1-4H3/t18-,19+,21+,22+/m0/s1. The monoisotopic (exact) mass is 386 g/mol. The third-order valence-electron chi connectivity index (χ3n) is 7.21. The lowest BCUT2D eigenvalue weighted by Crippen LogP contribution is -2.71. The van der Waals surface area contributed by atoms with Crippen molar-refractivity contribution in [3.63, 3.8) is 0 Å². The summed E-state index contributed by atoms with van der Waals surface area (Å²) in [5.74, 6) is 0. The van der Waals surface area contributed by atoms with E-state index < -0.39 is 35.6 Å². The fourth-order valence-corrected chi connectivity index (χ4v) is 5.39. The summed E-state index contributed by atoms with van der Waals surface area (Å²) in [5, 5.41) is 66.4. The Labute approximate surface area is 163 Å². The lowest BCUT2D eigenvalue weighted by atomic mass is 9.54. The average molecular weight is 386 g/mol. The minimum absolute atomic E-state index is 0.207. The number of rotatable bonds is 4. The first kappa shape index (κ1) is 19.5. The van der Waals surface area contributed by atoms with Crippen molar-refractivity contribution in [2.45, 2.75) is 56.7 Å². The highest BCUT2D eigenvalue weighted by molar-refractivity contribution is 5.72. The summed E-state index contributed by atoms with van der Waals surface area (Å²) in [6.45, 7) is 6.38. The summed E-state index contributed by atoms with van der Waals surface area (Å²) in [6.07, 6.45) is -0.250. The maximum absolute atomic E-state index is 12.2. The molecule has 0 amide bonds. The van der Waals surface area contributed by atoms with Gasteiger partial charge in [0, 0.05) is 0 Å². The van der Waals surface area contributed by atoms with Crippen LogP contribution in [-0.2, 0) is 11.2 Å². The zero-order chi connectivity index (χ0) is 20.8. The van der Waals surface area contributed by atoms with E-state index in [0.717, 1.165) is 11.1 Å². The molecule has 6 heteroatoms. The van der Waals surface area contributed by atoms with Crippen molar-refractivity contribution < 1.29 is 30.6 Å². The van der Waals surface area contributed by atoms with Gasteiger partial charge in [0.2, 0.25) is 0 Å². The number of aliphatic hydroxyl groups is 6. The Kier molecular flexibility index (Phi) is 3.92. The van der Waals surface area contributed by atoms with Crippen LogP contribution in [0.5, 0.6) is 0 Å². The smallest absolute Gasteiger partial charge is 0.162 e. The summed E-state index contributed by atoms with van der Waals surface area (Å²) >= 11 is 0. The Hall–Kier alpha value is -1.80. The fraction of sp³-hybridized carbons (Fsp3) is 0.455. The minimum atomic E-state index is -2.44. The molecular formula is C22H26O6. The van der Waals surface area contributed by atoms with Crippen molar-refractivity contribution in [3.8, 4) is 0 Å². The van der Waals surface area contributed by atoms with E-state index in [-0.39, 0.29) is 11.1 Å². The van der Waals surface area contributed by atoms with Gasteiger partial charge in [0.1, 0.15) is 12.2 Å². The van der Waals surface area contributed by atoms with Gasteiger partial charge >= 0.3 is 0 Å². The van der Waals surface area contributed by atoms with E-state index in [9.17, 15) is 30.6 Å². The number of fused-ring (bicyclic) bond motifs is 6. The average Bonchev–Trinajstić information content (AvgIpc) is 3.11. The van der Waals surface area contributed by atoms with Gasteiger partial charge in [0.05, 0.1) is 6.61 Å². The van der Waals surface area contributed by atoms with Crippen LogP contribution in [0, 0.1) is 13.8 Å². The van der Waals surface area contributed by atoms with Crippen molar-refractivity contribution in [3.05, 3.63) is 68.8 Å². The molecule has 5 rings (SSSR count). The highest BCUT2D eigenvalue weighted by atomic mass is 16.4. The van der Waals surface area contributed by atoms with Crippen molar-refractivity contribution in [2.24, 2.45) is 0 Å². The summed E-state index contributed by atoms with van der Waals surface area (Å²) in [5.41, 5.74) is -2.50. The second-order valence-electron chi connectivity index (χ2n) is 8.20. The number of aliphatic hydroxyl groups excluding tert-OH is 3. The molecule has 4 aliphatic carbocycles. The molecule has 0 spiro atoms. The van der Waals surface area contributed by atoms with Crippen molar-refractivity contribution in [2.75, 3.05) is 6.61 Å². The Morgan fingerprint density at radius 1 is 0.821 bits per heavy atom. The van der Waals surface area contributed by atoms with E-state index in [1.807, 2.05) is 13.8 Å². The SMILES string of the molecule is CC1=C2C=CC(=C1C)C2(O)[C@]1(O)c2ccc(c(C)c2C)[C@@]1(O)[C@H](O)[C@@H](O)CO. The van der Waals surface area contributed by atoms with Crippen molar-refractivity contribution in [1.29, 1.82) is 0 Å². The highest BCUT2D eigenvalue weighted by Crippen LogP contribution is 2.64. The lowest BCUT2D eigenvalue weighted by molar-refractivity contribution is -0.284. The Morgan fingerprint density at radius 3 is 1.79 bits per heavy atom. The first-order valence-corrected chi connectivity index (χ1v) is 9.36. The van der Waals surface area contributed by atoms with E-state index >= 15 is 0 Å². The van der Waals surface area contributed by atoms with Crippen LogP contribution in [-0.4, -0.2) is 55.1 Å². The molecule has 0 unspecified atom stereocenters. The van der Waals surface area contributed by atoms with Crippen LogP contribution in [0.1, 0.15) is 36.1 Å². The van der Waals surface area contributed by atoms with Gasteiger partial charge in [0.15, 0.2) is 16.8 Å². The van der Waals surface area contributed by atoms with Gasteiger partial charge in [-0.3, -0.25) is 0 Å². The molecule has 6 nitrogen and oxygen atoms in total. The quantitative estimate of drug-likeness (QED) is 0.444. The zero-order valence-electron chi connectivity index (χ0n) is 16.4. The fourth-order valence-electron chi connectivity index (χ4n) is 5.39. The van der Waals surface area contributed by atoms with E-state index in [2.05, 4.69) is 0 Å². The normalized spacial score (nSPS) is 31.9. The van der Waals surface area contributed by atoms with Crippen LogP contribution < -0.4 is 0 Å². The predicted molar refractivity (Wildman–Crippen MR) is 102 cm³/mol. The van der Waals surface area contributed by atoms with E-state index in [1.54, 1.807) is 38.1 Å². The zero-order valence-corrected chi connectivity index (χ0v) is 16.4.